The van der Waals surface area contributed by atoms with E-state index >= 15 is 0 Å². The van der Waals surface area contributed by atoms with Crippen LogP contribution in [0, 0.1) is 11.8 Å². The molecule has 0 spiro atoms. The molecule has 4 heteroatoms. The zero-order valence-corrected chi connectivity index (χ0v) is 14.2. The van der Waals surface area contributed by atoms with E-state index in [9.17, 15) is 4.79 Å². The van der Waals surface area contributed by atoms with E-state index in [4.69, 9.17) is 5.11 Å². The minimum Gasteiger partial charge on any atom is -0.481 e. The molecule has 2 rings (SSSR count). The van der Waals surface area contributed by atoms with E-state index in [-0.39, 0.29) is 6.42 Å². The molecule has 0 radical (unpaired) electrons. The number of hydrogen-bond donors (Lipinski definition) is 2. The van der Waals surface area contributed by atoms with Crippen LogP contribution in [0.3, 0.4) is 0 Å². The Morgan fingerprint density at radius 2 is 2.00 bits per heavy atom. The predicted octanol–water partition coefficient (Wildman–Crippen LogP) is 3.12. The van der Waals surface area contributed by atoms with Gasteiger partial charge in [-0.15, -0.1) is 0 Å². The van der Waals surface area contributed by atoms with Gasteiger partial charge in [0.25, 0.3) is 0 Å². The lowest BCUT2D eigenvalue weighted by molar-refractivity contribution is -0.137. The maximum Gasteiger partial charge on any atom is 0.304 e. The number of carbonyl (C=O) groups is 1. The molecule has 0 aromatic heterocycles. The summed E-state index contributed by atoms with van der Waals surface area (Å²) in [7, 11) is 0. The fourth-order valence-corrected chi connectivity index (χ4v) is 4.14. The highest BCUT2D eigenvalue weighted by molar-refractivity contribution is 5.66. The lowest BCUT2D eigenvalue weighted by atomic mass is 9.89. The van der Waals surface area contributed by atoms with Gasteiger partial charge >= 0.3 is 5.97 Å². The minimum absolute atomic E-state index is 0.274. The molecule has 2 aliphatic rings. The van der Waals surface area contributed by atoms with Gasteiger partial charge in [0, 0.05) is 25.7 Å². The number of likely N-dealkylation sites (tertiary alicyclic amines) is 1. The van der Waals surface area contributed by atoms with Crippen LogP contribution in [-0.4, -0.2) is 48.2 Å². The molecule has 0 aromatic carbocycles. The Hall–Kier alpha value is -0.610. The maximum atomic E-state index is 10.8. The monoisotopic (exact) mass is 310 g/mol. The van der Waals surface area contributed by atoms with E-state index in [1.54, 1.807) is 0 Å². The summed E-state index contributed by atoms with van der Waals surface area (Å²) in [6.45, 7) is 6.25. The number of nitrogens with zero attached hydrogens (tertiary/aromatic N) is 1. The van der Waals surface area contributed by atoms with Crippen molar-refractivity contribution in [1.29, 1.82) is 0 Å². The quantitative estimate of drug-likeness (QED) is 0.687. The standard InChI is InChI=1S/C18H34N2O2/c1-2-3-6-16-11-17(19-12-15-7-4-5-8-15)14-20(13-16)10-9-18(21)22/h15-17,19H,2-14H2,1H3,(H,21,22). The predicted molar refractivity (Wildman–Crippen MR) is 90.1 cm³/mol. The lowest BCUT2D eigenvalue weighted by Crippen LogP contribution is -2.50. The van der Waals surface area contributed by atoms with Crippen LogP contribution >= 0.6 is 0 Å². The lowest BCUT2D eigenvalue weighted by Gasteiger charge is -2.38. The van der Waals surface area contributed by atoms with Gasteiger partial charge in [-0.25, -0.2) is 0 Å². The van der Waals surface area contributed by atoms with Crippen molar-refractivity contribution < 1.29 is 9.90 Å². The zero-order chi connectivity index (χ0) is 15.8. The molecular weight excluding hydrogens is 276 g/mol. The summed E-state index contributed by atoms with van der Waals surface area (Å²) >= 11 is 0. The summed E-state index contributed by atoms with van der Waals surface area (Å²) < 4.78 is 0. The second kappa shape index (κ2) is 9.51. The van der Waals surface area contributed by atoms with E-state index in [0.717, 1.165) is 31.5 Å². The molecule has 1 heterocycles. The van der Waals surface area contributed by atoms with Crippen molar-refractivity contribution in [3.8, 4) is 0 Å². The Bertz CT molecular complexity index is 329. The first-order chi connectivity index (χ1) is 10.7. The Morgan fingerprint density at radius 1 is 1.23 bits per heavy atom. The van der Waals surface area contributed by atoms with Crippen molar-refractivity contribution in [2.75, 3.05) is 26.2 Å². The van der Waals surface area contributed by atoms with Gasteiger partial charge < -0.3 is 15.3 Å². The molecule has 1 saturated heterocycles. The van der Waals surface area contributed by atoms with Crippen LogP contribution in [0.1, 0.15) is 64.7 Å². The van der Waals surface area contributed by atoms with Crippen molar-refractivity contribution in [3.63, 3.8) is 0 Å². The second-order valence-electron chi connectivity index (χ2n) is 7.40. The molecule has 1 saturated carbocycles. The van der Waals surface area contributed by atoms with Crippen LogP contribution in [0.5, 0.6) is 0 Å². The minimum atomic E-state index is -0.675. The smallest absolute Gasteiger partial charge is 0.304 e. The Labute approximate surface area is 135 Å². The maximum absolute atomic E-state index is 10.8. The summed E-state index contributed by atoms with van der Waals surface area (Å²) in [5.74, 6) is 0.943. The van der Waals surface area contributed by atoms with Crippen LogP contribution in [0.4, 0.5) is 0 Å². The Balaban J connectivity index is 1.79. The fourth-order valence-electron chi connectivity index (χ4n) is 4.14. The van der Waals surface area contributed by atoms with Gasteiger partial charge in [-0.1, -0.05) is 32.6 Å². The molecule has 1 aliphatic carbocycles. The molecule has 2 unspecified atom stereocenters. The van der Waals surface area contributed by atoms with Crippen molar-refractivity contribution in [2.45, 2.75) is 70.8 Å². The molecular formula is C18H34N2O2. The number of aliphatic carboxylic acids is 1. The summed E-state index contributed by atoms with van der Waals surface area (Å²) in [6.07, 6.45) is 11.0. The van der Waals surface area contributed by atoms with Gasteiger partial charge in [-0.2, -0.15) is 0 Å². The molecule has 1 aliphatic heterocycles. The van der Waals surface area contributed by atoms with Crippen LogP contribution in [-0.2, 0) is 4.79 Å². The van der Waals surface area contributed by atoms with Crippen LogP contribution < -0.4 is 5.32 Å². The number of piperidine rings is 1. The highest BCUT2D eigenvalue weighted by atomic mass is 16.4. The van der Waals surface area contributed by atoms with Gasteiger partial charge in [-0.05, 0) is 44.1 Å². The van der Waals surface area contributed by atoms with Gasteiger partial charge in [0.05, 0.1) is 6.42 Å². The van der Waals surface area contributed by atoms with Crippen LogP contribution in [0.15, 0.2) is 0 Å². The van der Waals surface area contributed by atoms with E-state index in [1.165, 1.54) is 51.4 Å². The van der Waals surface area contributed by atoms with Gasteiger partial charge in [0.2, 0.25) is 0 Å². The van der Waals surface area contributed by atoms with Gasteiger partial charge in [-0.3, -0.25) is 4.79 Å². The number of carboxylic acid groups (broad SMARTS) is 1. The van der Waals surface area contributed by atoms with E-state index in [1.807, 2.05) is 0 Å². The van der Waals surface area contributed by atoms with Crippen molar-refractivity contribution in [2.24, 2.45) is 11.8 Å². The van der Waals surface area contributed by atoms with Crippen LogP contribution in [0.25, 0.3) is 0 Å². The largest absolute Gasteiger partial charge is 0.481 e. The Morgan fingerprint density at radius 3 is 2.68 bits per heavy atom. The van der Waals surface area contributed by atoms with E-state index in [0.29, 0.717) is 12.6 Å². The summed E-state index contributed by atoms with van der Waals surface area (Å²) in [5, 5.41) is 12.7. The van der Waals surface area contributed by atoms with Crippen LogP contribution in [0.2, 0.25) is 0 Å². The first-order valence-corrected chi connectivity index (χ1v) is 9.35. The summed E-state index contributed by atoms with van der Waals surface area (Å²) in [4.78, 5) is 13.2. The van der Waals surface area contributed by atoms with Crippen molar-refractivity contribution >= 4 is 5.97 Å². The Kier molecular flexibility index (Phi) is 7.67. The molecule has 0 aromatic rings. The topological polar surface area (TPSA) is 52.6 Å². The molecule has 0 amide bonds. The highest BCUT2D eigenvalue weighted by Gasteiger charge is 2.27. The molecule has 2 atom stereocenters. The summed E-state index contributed by atoms with van der Waals surface area (Å²) in [5.41, 5.74) is 0. The first-order valence-electron chi connectivity index (χ1n) is 9.35. The molecule has 2 fully saturated rings. The molecule has 0 bridgehead atoms. The average Bonchev–Trinajstić information content (AvgIpc) is 3.02. The SMILES string of the molecule is CCCCC1CC(NCC2CCCC2)CN(CCC(=O)O)C1. The van der Waals surface area contributed by atoms with E-state index in [2.05, 4.69) is 17.1 Å². The number of nitrogens with one attached hydrogen (secondary N) is 1. The number of hydrogen-bond acceptors (Lipinski definition) is 3. The van der Waals surface area contributed by atoms with Gasteiger partial charge in [0.15, 0.2) is 0 Å². The third-order valence-corrected chi connectivity index (χ3v) is 5.39. The van der Waals surface area contributed by atoms with Crippen molar-refractivity contribution in [1.82, 2.24) is 10.2 Å². The number of unbranched alkanes of at least 4 members (excludes halogenated alkanes) is 1. The third kappa shape index (κ3) is 6.25. The molecule has 22 heavy (non-hydrogen) atoms. The normalized spacial score (nSPS) is 27.3. The molecule has 128 valence electrons. The van der Waals surface area contributed by atoms with Gasteiger partial charge in [0.1, 0.15) is 0 Å². The molecule has 4 nitrogen and oxygen atoms in total. The average molecular weight is 310 g/mol. The second-order valence-corrected chi connectivity index (χ2v) is 7.40. The number of rotatable bonds is 9. The zero-order valence-electron chi connectivity index (χ0n) is 14.2. The van der Waals surface area contributed by atoms with Crippen molar-refractivity contribution in [3.05, 3.63) is 0 Å². The summed E-state index contributed by atoms with van der Waals surface area (Å²) in [6, 6.07) is 0.560. The first kappa shape index (κ1) is 17.7. The third-order valence-electron chi connectivity index (χ3n) is 5.39. The number of carboxylic acids is 1. The molecule has 2 N–H and O–H groups in total. The highest BCUT2D eigenvalue weighted by Crippen LogP contribution is 2.26. The van der Waals surface area contributed by atoms with E-state index < -0.39 is 5.97 Å². The fraction of sp³-hybridized carbons (Fsp3) is 0.944.